The van der Waals surface area contributed by atoms with Gasteiger partial charge in [0.1, 0.15) is 5.75 Å². The lowest BCUT2D eigenvalue weighted by atomic mass is 9.72. The molecule has 2 aromatic carbocycles. The number of halogens is 3. The van der Waals surface area contributed by atoms with Gasteiger partial charge in [-0.1, -0.05) is 37.3 Å². The highest BCUT2D eigenvalue weighted by Crippen LogP contribution is 2.54. The zero-order valence-corrected chi connectivity index (χ0v) is 20.0. The van der Waals surface area contributed by atoms with Gasteiger partial charge in [0, 0.05) is 17.8 Å². The number of benzene rings is 2. The molecular formula is C25H22F3N3O3S. The fraction of sp³-hybridized carbons (Fsp3) is 0.320. The lowest BCUT2D eigenvalue weighted by Gasteiger charge is -2.35. The van der Waals surface area contributed by atoms with Crippen LogP contribution < -0.4 is 15.0 Å². The quantitative estimate of drug-likeness (QED) is 0.496. The molecule has 5 rings (SSSR count). The molecule has 1 N–H and O–H groups in total. The van der Waals surface area contributed by atoms with Crippen molar-refractivity contribution in [3.63, 3.8) is 0 Å². The third-order valence-electron chi connectivity index (χ3n) is 6.37. The van der Waals surface area contributed by atoms with E-state index in [-0.39, 0.29) is 29.4 Å². The number of hydrogen-bond acceptors (Lipinski definition) is 6. The number of thiazole rings is 1. The number of methoxy groups -OCH3 is 1. The summed E-state index contributed by atoms with van der Waals surface area (Å²) in [4.78, 5) is 32.5. The molecule has 10 heteroatoms. The minimum absolute atomic E-state index is 0.0624. The Morgan fingerprint density at radius 1 is 1.06 bits per heavy atom. The molecule has 0 fully saturated rings. The van der Waals surface area contributed by atoms with Gasteiger partial charge in [-0.15, -0.1) is 0 Å². The molecule has 0 radical (unpaired) electrons. The van der Waals surface area contributed by atoms with Gasteiger partial charge < -0.3 is 10.1 Å². The van der Waals surface area contributed by atoms with E-state index in [0.29, 0.717) is 16.0 Å². The average Bonchev–Trinajstić information content (AvgIpc) is 3.29. The summed E-state index contributed by atoms with van der Waals surface area (Å²) in [6.45, 7) is 3.61. The smallest absolute Gasteiger partial charge is 0.425 e. The van der Waals surface area contributed by atoms with Crippen LogP contribution in [0.5, 0.6) is 5.75 Å². The van der Waals surface area contributed by atoms with E-state index in [1.807, 2.05) is 0 Å². The number of Topliss-reactive ketones (excluding diaryl/α,β-unsaturated/α-hetero) is 1. The second-order valence-corrected chi connectivity index (χ2v) is 10.5. The molecule has 1 aliphatic heterocycles. The van der Waals surface area contributed by atoms with Crippen LogP contribution in [-0.4, -0.2) is 35.5 Å². The topological polar surface area (TPSA) is 71.5 Å². The second-order valence-electron chi connectivity index (χ2n) is 9.46. The molecule has 6 nitrogen and oxygen atoms in total. The predicted molar refractivity (Wildman–Crippen MR) is 128 cm³/mol. The summed E-state index contributed by atoms with van der Waals surface area (Å²) in [6.07, 6.45) is -5.08. The molecule has 0 saturated heterocycles. The van der Waals surface area contributed by atoms with Crippen LogP contribution in [0.15, 0.2) is 59.8 Å². The van der Waals surface area contributed by atoms with Crippen LogP contribution in [0.2, 0.25) is 0 Å². The van der Waals surface area contributed by atoms with Gasteiger partial charge in [0.15, 0.2) is 10.9 Å². The third kappa shape index (κ3) is 3.58. The molecule has 35 heavy (non-hydrogen) atoms. The molecule has 0 spiro atoms. The Balaban J connectivity index is 1.72. The fourth-order valence-corrected chi connectivity index (χ4v) is 5.76. The van der Waals surface area contributed by atoms with E-state index in [4.69, 9.17) is 4.74 Å². The Morgan fingerprint density at radius 2 is 1.74 bits per heavy atom. The van der Waals surface area contributed by atoms with Gasteiger partial charge in [-0.05, 0) is 48.2 Å². The first kappa shape index (κ1) is 23.3. The number of nitrogens with one attached hydrogen (secondary N) is 1. The van der Waals surface area contributed by atoms with Gasteiger partial charge in [-0.2, -0.15) is 13.2 Å². The number of rotatable bonds is 4. The minimum atomic E-state index is -5.11. The number of nitrogens with zero attached hydrogens (tertiary/aromatic N) is 2. The first-order valence-electron chi connectivity index (χ1n) is 10.9. The molecule has 1 amide bonds. The first-order chi connectivity index (χ1) is 16.5. The Bertz CT molecular complexity index is 1340. The first-order valence-corrected chi connectivity index (χ1v) is 11.7. The molecule has 0 saturated carbocycles. The van der Waals surface area contributed by atoms with E-state index < -0.39 is 34.4 Å². The number of carbonyl (C=O) groups is 2. The third-order valence-corrected chi connectivity index (χ3v) is 7.32. The van der Waals surface area contributed by atoms with Crippen molar-refractivity contribution in [2.45, 2.75) is 38.4 Å². The van der Waals surface area contributed by atoms with Crippen LogP contribution in [0.25, 0.3) is 10.2 Å². The lowest BCUT2D eigenvalue weighted by Crippen LogP contribution is -2.61. The zero-order chi connectivity index (χ0) is 25.2. The van der Waals surface area contributed by atoms with Crippen LogP contribution >= 0.6 is 11.3 Å². The van der Waals surface area contributed by atoms with E-state index in [0.717, 1.165) is 16.2 Å². The maximum Gasteiger partial charge on any atom is 0.425 e. The van der Waals surface area contributed by atoms with Crippen molar-refractivity contribution in [1.29, 1.82) is 0 Å². The van der Waals surface area contributed by atoms with Crippen LogP contribution in [0.1, 0.15) is 26.7 Å². The van der Waals surface area contributed by atoms with Gasteiger partial charge in [0.2, 0.25) is 5.54 Å². The van der Waals surface area contributed by atoms with Crippen LogP contribution in [-0.2, 0) is 9.59 Å². The molecule has 0 bridgehead atoms. The fourth-order valence-electron chi connectivity index (χ4n) is 4.84. The molecule has 1 aliphatic carbocycles. The Hall–Kier alpha value is -3.40. The van der Waals surface area contributed by atoms with Crippen LogP contribution in [0.3, 0.4) is 0 Å². The van der Waals surface area contributed by atoms with Gasteiger partial charge in [0.25, 0.3) is 5.91 Å². The number of anilines is 2. The van der Waals surface area contributed by atoms with Crippen molar-refractivity contribution in [1.82, 2.24) is 4.98 Å². The molecule has 182 valence electrons. The number of alkyl halides is 3. The normalized spacial score (nSPS) is 22.1. The summed E-state index contributed by atoms with van der Waals surface area (Å²) in [5.41, 5.74) is -3.62. The standard InChI is InChI=1S/C25H22F3N3O3S/c1-23(2)12-17-20(18(32)13-23)24(25(26,27)28,30-22-29-16-6-4-5-7-19(16)35-22)21(33)31(17)14-8-10-15(34-3)11-9-14/h4-11H,12-13H2,1-3H3,(H,29,30)/t24-/m0/s1. The minimum Gasteiger partial charge on any atom is -0.497 e. The largest absolute Gasteiger partial charge is 0.497 e. The highest BCUT2D eigenvalue weighted by molar-refractivity contribution is 7.22. The number of fused-ring (bicyclic) bond motifs is 1. The molecule has 2 heterocycles. The van der Waals surface area contributed by atoms with Crippen molar-refractivity contribution < 1.29 is 27.5 Å². The summed E-state index contributed by atoms with van der Waals surface area (Å²) >= 11 is 1.000. The Morgan fingerprint density at radius 3 is 2.37 bits per heavy atom. The van der Waals surface area contributed by atoms with E-state index in [2.05, 4.69) is 10.3 Å². The Labute approximate surface area is 203 Å². The summed E-state index contributed by atoms with van der Waals surface area (Å²) in [5, 5.41) is 2.32. The summed E-state index contributed by atoms with van der Waals surface area (Å²) in [5.74, 6) is -1.48. The van der Waals surface area contributed by atoms with Gasteiger partial charge in [-0.3, -0.25) is 14.5 Å². The number of amides is 1. The molecule has 1 atom stereocenters. The molecular weight excluding hydrogens is 479 g/mol. The van der Waals surface area contributed by atoms with E-state index >= 15 is 13.2 Å². The van der Waals surface area contributed by atoms with Crippen molar-refractivity contribution in [2.75, 3.05) is 17.3 Å². The number of hydrogen-bond donors (Lipinski definition) is 1. The summed E-state index contributed by atoms with van der Waals surface area (Å²) in [7, 11) is 1.47. The van der Waals surface area contributed by atoms with E-state index in [1.54, 1.807) is 50.2 Å². The lowest BCUT2D eigenvalue weighted by molar-refractivity contribution is -0.175. The van der Waals surface area contributed by atoms with Gasteiger partial charge in [0.05, 0.1) is 22.9 Å². The number of allylic oxidation sites excluding steroid dienone is 1. The number of ether oxygens (including phenoxy) is 1. The molecule has 0 unspecified atom stereocenters. The van der Waals surface area contributed by atoms with Crippen molar-refractivity contribution in [2.24, 2.45) is 5.41 Å². The van der Waals surface area contributed by atoms with Gasteiger partial charge >= 0.3 is 6.18 Å². The summed E-state index contributed by atoms with van der Waals surface area (Å²) < 4.78 is 50.8. The zero-order valence-electron chi connectivity index (χ0n) is 19.2. The number of aromatic nitrogens is 1. The maximum absolute atomic E-state index is 15.0. The van der Waals surface area contributed by atoms with Crippen molar-refractivity contribution >= 4 is 44.1 Å². The summed E-state index contributed by atoms with van der Waals surface area (Å²) in [6, 6.07) is 13.0. The molecule has 1 aromatic heterocycles. The second kappa shape index (κ2) is 7.81. The van der Waals surface area contributed by atoms with E-state index in [9.17, 15) is 9.59 Å². The highest BCUT2D eigenvalue weighted by atomic mass is 32.1. The monoisotopic (exact) mass is 501 g/mol. The van der Waals surface area contributed by atoms with Gasteiger partial charge in [-0.25, -0.2) is 4.98 Å². The molecule has 2 aliphatic rings. The number of para-hydroxylation sites is 1. The van der Waals surface area contributed by atoms with E-state index in [1.165, 1.54) is 19.2 Å². The number of carbonyl (C=O) groups excluding carboxylic acids is 2. The van der Waals surface area contributed by atoms with Crippen LogP contribution in [0.4, 0.5) is 24.0 Å². The highest BCUT2D eigenvalue weighted by Gasteiger charge is 2.71. The predicted octanol–water partition coefficient (Wildman–Crippen LogP) is 5.71. The maximum atomic E-state index is 15.0. The molecule has 3 aromatic rings. The van der Waals surface area contributed by atoms with Crippen LogP contribution in [0, 0.1) is 5.41 Å². The average molecular weight is 502 g/mol. The number of ketones is 1. The Kier molecular flexibility index (Phi) is 5.21. The SMILES string of the molecule is COc1ccc(N2C(=O)[C@](Nc3nc4ccccc4s3)(C(F)(F)F)C3=C2CC(C)(C)CC3=O)cc1. The van der Waals surface area contributed by atoms with Crippen molar-refractivity contribution in [3.05, 3.63) is 59.8 Å². The van der Waals surface area contributed by atoms with Crippen molar-refractivity contribution in [3.8, 4) is 5.75 Å².